The Hall–Kier alpha value is -1.58. The molecule has 1 aromatic carbocycles. The van der Waals surface area contributed by atoms with Crippen molar-refractivity contribution in [1.29, 1.82) is 0 Å². The maximum atomic E-state index is 13.8. The number of anilines is 1. The lowest BCUT2D eigenvalue weighted by molar-refractivity contribution is 0.0775. The quantitative estimate of drug-likeness (QED) is 0.856. The van der Waals surface area contributed by atoms with Crippen molar-refractivity contribution < 1.29 is 9.18 Å². The zero-order valence-corrected chi connectivity index (χ0v) is 12.2. The van der Waals surface area contributed by atoms with Crippen LogP contribution in [0.2, 0.25) is 0 Å². The van der Waals surface area contributed by atoms with Crippen molar-refractivity contribution in [2.75, 3.05) is 25.5 Å². The third-order valence-corrected chi connectivity index (χ3v) is 3.23. The highest BCUT2D eigenvalue weighted by Gasteiger charge is 2.19. The summed E-state index contributed by atoms with van der Waals surface area (Å²) in [6, 6.07) is 4.60. The smallest absolute Gasteiger partial charge is 0.255 e. The number of carbonyl (C=O) groups excluding carboxylic acids is 1. The first-order valence-electron chi connectivity index (χ1n) is 6.79. The first-order chi connectivity index (χ1) is 9.01. The Bertz CT molecular complexity index is 434. The zero-order chi connectivity index (χ0) is 14.4. The van der Waals surface area contributed by atoms with Crippen LogP contribution < -0.4 is 5.32 Å². The molecule has 4 heteroatoms. The van der Waals surface area contributed by atoms with Gasteiger partial charge in [-0.2, -0.15) is 0 Å². The molecule has 1 unspecified atom stereocenters. The number of amides is 1. The van der Waals surface area contributed by atoms with E-state index in [1.54, 1.807) is 24.1 Å². The van der Waals surface area contributed by atoms with Crippen LogP contribution >= 0.6 is 0 Å². The van der Waals surface area contributed by atoms with Crippen molar-refractivity contribution in [2.24, 2.45) is 5.92 Å². The zero-order valence-electron chi connectivity index (χ0n) is 12.2. The number of nitrogens with zero attached hydrogens (tertiary/aromatic N) is 1. The molecule has 1 atom stereocenters. The molecule has 0 aliphatic rings. The molecule has 3 nitrogen and oxygen atoms in total. The van der Waals surface area contributed by atoms with Gasteiger partial charge in [-0.3, -0.25) is 4.79 Å². The minimum absolute atomic E-state index is 0.143. The lowest BCUT2D eigenvalue weighted by Crippen LogP contribution is -2.31. The maximum absolute atomic E-state index is 13.8. The molecule has 19 heavy (non-hydrogen) atoms. The Morgan fingerprint density at radius 3 is 2.68 bits per heavy atom. The van der Waals surface area contributed by atoms with Crippen LogP contribution in [0.3, 0.4) is 0 Å². The number of hydrogen-bond donors (Lipinski definition) is 1. The van der Waals surface area contributed by atoms with Crippen LogP contribution in [-0.2, 0) is 0 Å². The average molecular weight is 266 g/mol. The predicted molar refractivity (Wildman–Crippen MR) is 77.0 cm³/mol. The number of halogens is 1. The highest BCUT2D eigenvalue weighted by atomic mass is 19.1. The Labute approximate surface area is 114 Å². The standard InChI is InChI=1S/C15H23FN2O/c1-5-11(3)10-18(4)15(19)12-8-7-9-13(16)14(12)17-6-2/h7-9,11,17H,5-6,10H2,1-4H3. The molecule has 0 aliphatic carbocycles. The molecule has 0 aromatic heterocycles. The minimum atomic E-state index is -0.385. The van der Waals surface area contributed by atoms with Crippen LogP contribution in [0.15, 0.2) is 18.2 Å². The number of benzene rings is 1. The molecule has 0 fully saturated rings. The van der Waals surface area contributed by atoms with Gasteiger partial charge in [0.15, 0.2) is 0 Å². The molecule has 1 aromatic rings. The molecule has 0 aliphatic heterocycles. The molecule has 0 radical (unpaired) electrons. The van der Waals surface area contributed by atoms with E-state index in [1.807, 2.05) is 6.92 Å². The molecule has 0 heterocycles. The van der Waals surface area contributed by atoms with E-state index in [4.69, 9.17) is 0 Å². The maximum Gasteiger partial charge on any atom is 0.255 e. The summed E-state index contributed by atoms with van der Waals surface area (Å²) in [4.78, 5) is 14.0. The summed E-state index contributed by atoms with van der Waals surface area (Å²) in [5, 5.41) is 2.92. The van der Waals surface area contributed by atoms with Gasteiger partial charge >= 0.3 is 0 Å². The Morgan fingerprint density at radius 1 is 1.42 bits per heavy atom. The fourth-order valence-corrected chi connectivity index (χ4v) is 1.94. The van der Waals surface area contributed by atoms with Crippen molar-refractivity contribution in [2.45, 2.75) is 27.2 Å². The van der Waals surface area contributed by atoms with Gasteiger partial charge in [-0.05, 0) is 25.0 Å². The van der Waals surface area contributed by atoms with Crippen molar-refractivity contribution in [3.05, 3.63) is 29.6 Å². The second-order valence-electron chi connectivity index (χ2n) is 4.89. The first kappa shape index (κ1) is 15.5. The highest BCUT2D eigenvalue weighted by molar-refractivity contribution is 5.99. The summed E-state index contributed by atoms with van der Waals surface area (Å²) in [6.45, 7) is 7.33. The van der Waals surface area contributed by atoms with E-state index in [2.05, 4.69) is 19.2 Å². The fraction of sp³-hybridized carbons (Fsp3) is 0.533. The molecule has 1 amide bonds. The van der Waals surface area contributed by atoms with Crippen molar-refractivity contribution in [3.63, 3.8) is 0 Å². The van der Waals surface area contributed by atoms with Gasteiger partial charge in [-0.15, -0.1) is 0 Å². The molecule has 0 saturated carbocycles. The number of carbonyl (C=O) groups is 1. The van der Waals surface area contributed by atoms with Gasteiger partial charge in [0, 0.05) is 20.1 Å². The molecule has 1 N–H and O–H groups in total. The van der Waals surface area contributed by atoms with E-state index >= 15 is 0 Å². The largest absolute Gasteiger partial charge is 0.382 e. The molecule has 1 rings (SSSR count). The Kier molecular flexibility index (Phi) is 5.80. The van der Waals surface area contributed by atoms with Gasteiger partial charge < -0.3 is 10.2 Å². The normalized spacial score (nSPS) is 12.1. The third-order valence-electron chi connectivity index (χ3n) is 3.23. The summed E-state index contributed by atoms with van der Waals surface area (Å²) in [5.41, 5.74) is 0.693. The third kappa shape index (κ3) is 3.94. The van der Waals surface area contributed by atoms with E-state index in [0.29, 0.717) is 30.3 Å². The fourth-order valence-electron chi connectivity index (χ4n) is 1.94. The SMILES string of the molecule is CCNc1c(F)cccc1C(=O)N(C)CC(C)CC. The predicted octanol–water partition coefficient (Wildman–Crippen LogP) is 3.38. The topological polar surface area (TPSA) is 32.3 Å². The Balaban J connectivity index is 2.95. The second kappa shape index (κ2) is 7.12. The molecule has 0 bridgehead atoms. The van der Waals surface area contributed by atoms with Crippen LogP contribution in [0.1, 0.15) is 37.6 Å². The van der Waals surface area contributed by atoms with Crippen LogP contribution in [0.5, 0.6) is 0 Å². The van der Waals surface area contributed by atoms with Gasteiger partial charge in [0.2, 0.25) is 0 Å². The summed E-state index contributed by atoms with van der Waals surface area (Å²) < 4.78 is 13.8. The number of para-hydroxylation sites is 1. The minimum Gasteiger partial charge on any atom is -0.382 e. The van der Waals surface area contributed by atoms with Crippen molar-refractivity contribution >= 4 is 11.6 Å². The van der Waals surface area contributed by atoms with Crippen LogP contribution in [0, 0.1) is 11.7 Å². The van der Waals surface area contributed by atoms with Crippen molar-refractivity contribution in [3.8, 4) is 0 Å². The van der Waals surface area contributed by atoms with E-state index < -0.39 is 0 Å². The lowest BCUT2D eigenvalue weighted by atomic mass is 10.1. The van der Waals surface area contributed by atoms with E-state index in [1.165, 1.54) is 6.07 Å². The summed E-state index contributed by atoms with van der Waals surface area (Å²) in [7, 11) is 1.76. The van der Waals surface area contributed by atoms with Gasteiger partial charge in [-0.1, -0.05) is 26.3 Å². The number of nitrogens with one attached hydrogen (secondary N) is 1. The highest BCUT2D eigenvalue weighted by Crippen LogP contribution is 2.21. The summed E-state index contributed by atoms with van der Waals surface area (Å²) in [6.07, 6.45) is 1.01. The van der Waals surface area contributed by atoms with Crippen LogP contribution in [0.25, 0.3) is 0 Å². The summed E-state index contributed by atoms with van der Waals surface area (Å²) in [5.74, 6) is -0.0921. The Morgan fingerprint density at radius 2 is 2.11 bits per heavy atom. The summed E-state index contributed by atoms with van der Waals surface area (Å²) >= 11 is 0. The van der Waals surface area contributed by atoms with E-state index in [9.17, 15) is 9.18 Å². The monoisotopic (exact) mass is 266 g/mol. The van der Waals surface area contributed by atoms with E-state index in [-0.39, 0.29) is 11.7 Å². The van der Waals surface area contributed by atoms with Gasteiger partial charge in [0.25, 0.3) is 5.91 Å². The van der Waals surface area contributed by atoms with E-state index in [0.717, 1.165) is 6.42 Å². The van der Waals surface area contributed by atoms with Gasteiger partial charge in [-0.25, -0.2) is 4.39 Å². The lowest BCUT2D eigenvalue weighted by Gasteiger charge is -2.22. The molecule has 0 saturated heterocycles. The number of hydrogen-bond acceptors (Lipinski definition) is 2. The molecule has 106 valence electrons. The van der Waals surface area contributed by atoms with Gasteiger partial charge in [0.1, 0.15) is 5.82 Å². The first-order valence-corrected chi connectivity index (χ1v) is 6.79. The molecular weight excluding hydrogens is 243 g/mol. The second-order valence-corrected chi connectivity index (χ2v) is 4.89. The number of rotatable bonds is 6. The molecular formula is C15H23FN2O. The van der Waals surface area contributed by atoms with Crippen LogP contribution in [0.4, 0.5) is 10.1 Å². The van der Waals surface area contributed by atoms with Gasteiger partial charge in [0.05, 0.1) is 11.3 Å². The molecule has 0 spiro atoms. The average Bonchev–Trinajstić information content (AvgIpc) is 2.40. The van der Waals surface area contributed by atoms with Crippen molar-refractivity contribution in [1.82, 2.24) is 4.90 Å². The van der Waals surface area contributed by atoms with Crippen LogP contribution in [-0.4, -0.2) is 30.9 Å².